The molecule has 0 radical (unpaired) electrons. The van der Waals surface area contributed by atoms with Crippen molar-refractivity contribution in [1.82, 2.24) is 0 Å². The van der Waals surface area contributed by atoms with Crippen LogP contribution in [0.25, 0.3) is 11.0 Å². The molecule has 1 aliphatic rings. The molecule has 1 aromatic heterocycles. The Bertz CT molecular complexity index is 796. The SMILES string of the molecule is CCOC(=O)[C@@H]1CCC[NH+](Cc2cc(=O)oc3cc(C)ccc23)C1. The van der Waals surface area contributed by atoms with Crippen LogP contribution in [0.1, 0.15) is 30.9 Å². The van der Waals surface area contributed by atoms with Gasteiger partial charge in [0.1, 0.15) is 18.0 Å². The Morgan fingerprint density at radius 2 is 2.21 bits per heavy atom. The summed E-state index contributed by atoms with van der Waals surface area (Å²) in [5.74, 6) is -0.134. The molecule has 5 heteroatoms. The molecule has 1 N–H and O–H groups in total. The molecule has 128 valence electrons. The highest BCUT2D eigenvalue weighted by Crippen LogP contribution is 2.18. The van der Waals surface area contributed by atoms with E-state index in [1.165, 1.54) is 4.90 Å². The Kier molecular flexibility index (Phi) is 5.00. The molecule has 2 heterocycles. The van der Waals surface area contributed by atoms with E-state index in [4.69, 9.17) is 9.15 Å². The predicted molar refractivity (Wildman–Crippen MR) is 91.0 cm³/mol. The van der Waals surface area contributed by atoms with Gasteiger partial charge in [0.25, 0.3) is 0 Å². The fourth-order valence-electron chi connectivity index (χ4n) is 3.53. The van der Waals surface area contributed by atoms with Crippen LogP contribution in [0, 0.1) is 12.8 Å². The number of carbonyl (C=O) groups excluding carboxylic acids is 1. The Hall–Kier alpha value is -2.14. The van der Waals surface area contributed by atoms with Crippen LogP contribution in [0.5, 0.6) is 0 Å². The highest BCUT2D eigenvalue weighted by atomic mass is 16.5. The fraction of sp³-hybridized carbons (Fsp3) is 0.474. The van der Waals surface area contributed by atoms with Gasteiger partial charge in [0.05, 0.1) is 19.7 Å². The minimum atomic E-state index is -0.318. The summed E-state index contributed by atoms with van der Waals surface area (Å²) in [6.07, 6.45) is 1.89. The van der Waals surface area contributed by atoms with Crippen molar-refractivity contribution in [3.05, 3.63) is 45.8 Å². The molecule has 3 rings (SSSR count). The van der Waals surface area contributed by atoms with Crippen LogP contribution in [0.4, 0.5) is 0 Å². The van der Waals surface area contributed by atoms with E-state index >= 15 is 0 Å². The van der Waals surface area contributed by atoms with E-state index in [9.17, 15) is 9.59 Å². The minimum absolute atomic E-state index is 0.0395. The van der Waals surface area contributed by atoms with Gasteiger partial charge in [-0.15, -0.1) is 0 Å². The number of hydrogen-bond acceptors (Lipinski definition) is 4. The number of benzene rings is 1. The number of ether oxygens (including phenoxy) is 1. The second-order valence-corrected chi connectivity index (χ2v) is 6.56. The number of esters is 1. The molecule has 0 aliphatic carbocycles. The quantitative estimate of drug-likeness (QED) is 0.681. The van der Waals surface area contributed by atoms with Crippen molar-refractivity contribution >= 4 is 16.9 Å². The third-order valence-corrected chi connectivity index (χ3v) is 4.66. The van der Waals surface area contributed by atoms with Gasteiger partial charge < -0.3 is 14.1 Å². The largest absolute Gasteiger partial charge is 0.466 e. The van der Waals surface area contributed by atoms with E-state index in [0.717, 1.165) is 49.0 Å². The van der Waals surface area contributed by atoms with Gasteiger partial charge in [-0.25, -0.2) is 4.79 Å². The summed E-state index contributed by atoms with van der Waals surface area (Å²) in [5.41, 5.74) is 2.37. The molecule has 0 saturated carbocycles. The predicted octanol–water partition coefficient (Wildman–Crippen LogP) is 1.46. The molecule has 0 spiro atoms. The maximum atomic E-state index is 12.0. The fourth-order valence-corrected chi connectivity index (χ4v) is 3.53. The van der Waals surface area contributed by atoms with Crippen molar-refractivity contribution in [3.63, 3.8) is 0 Å². The normalized spacial score (nSPS) is 20.9. The average Bonchev–Trinajstić information content (AvgIpc) is 2.54. The molecule has 0 amide bonds. The number of nitrogens with one attached hydrogen (secondary N) is 1. The number of likely N-dealkylation sites (tertiary alicyclic amines) is 1. The van der Waals surface area contributed by atoms with E-state index in [1.54, 1.807) is 6.07 Å². The van der Waals surface area contributed by atoms with Gasteiger partial charge in [-0.1, -0.05) is 12.1 Å². The number of quaternary nitrogens is 1. The first-order valence-electron chi connectivity index (χ1n) is 8.60. The second-order valence-electron chi connectivity index (χ2n) is 6.56. The lowest BCUT2D eigenvalue weighted by Crippen LogP contribution is -3.12. The lowest BCUT2D eigenvalue weighted by molar-refractivity contribution is -0.921. The van der Waals surface area contributed by atoms with Gasteiger partial charge in [0.15, 0.2) is 0 Å². The van der Waals surface area contributed by atoms with Gasteiger partial charge in [-0.2, -0.15) is 0 Å². The van der Waals surface area contributed by atoms with Gasteiger partial charge >= 0.3 is 11.6 Å². The molecule has 2 atom stereocenters. The average molecular weight is 330 g/mol. The van der Waals surface area contributed by atoms with Crippen LogP contribution in [-0.2, 0) is 16.1 Å². The van der Waals surface area contributed by atoms with E-state index in [2.05, 4.69) is 0 Å². The third kappa shape index (κ3) is 3.67. The first-order valence-corrected chi connectivity index (χ1v) is 8.60. The maximum absolute atomic E-state index is 12.0. The summed E-state index contributed by atoms with van der Waals surface area (Å²) in [4.78, 5) is 25.2. The monoisotopic (exact) mass is 330 g/mol. The lowest BCUT2D eigenvalue weighted by atomic mass is 9.97. The number of piperidine rings is 1. The second kappa shape index (κ2) is 7.18. The summed E-state index contributed by atoms with van der Waals surface area (Å²) in [6, 6.07) is 7.51. The van der Waals surface area contributed by atoms with Crippen molar-refractivity contribution in [1.29, 1.82) is 0 Å². The maximum Gasteiger partial charge on any atom is 0.336 e. The number of rotatable bonds is 4. The van der Waals surface area contributed by atoms with Crippen molar-refractivity contribution in [3.8, 4) is 0 Å². The highest BCUT2D eigenvalue weighted by Gasteiger charge is 2.30. The smallest absolute Gasteiger partial charge is 0.336 e. The molecule has 5 nitrogen and oxygen atoms in total. The lowest BCUT2D eigenvalue weighted by Gasteiger charge is -2.28. The number of hydrogen-bond donors (Lipinski definition) is 1. The molecule has 0 bridgehead atoms. The van der Waals surface area contributed by atoms with Crippen LogP contribution in [0.3, 0.4) is 0 Å². The van der Waals surface area contributed by atoms with Gasteiger partial charge in [-0.05, 0) is 38.3 Å². The topological polar surface area (TPSA) is 61.0 Å². The molecule has 1 saturated heterocycles. The summed E-state index contributed by atoms with van der Waals surface area (Å²) < 4.78 is 10.5. The van der Waals surface area contributed by atoms with Crippen molar-refractivity contribution < 1.29 is 18.8 Å². The standard InChI is InChI=1S/C19H23NO4/c1-3-23-19(22)14-5-4-8-20(11-14)12-15-10-18(21)24-17-9-13(2)6-7-16(15)17/h6-7,9-10,14H,3-5,8,11-12H2,1-2H3/p+1/t14-/m1/s1. The van der Waals surface area contributed by atoms with E-state index in [1.807, 2.05) is 32.0 Å². The van der Waals surface area contributed by atoms with Crippen LogP contribution in [0.15, 0.2) is 33.5 Å². The van der Waals surface area contributed by atoms with Gasteiger partial charge in [0.2, 0.25) is 0 Å². The minimum Gasteiger partial charge on any atom is -0.466 e. The molecule has 1 fully saturated rings. The van der Waals surface area contributed by atoms with Gasteiger partial charge in [0, 0.05) is 17.0 Å². The van der Waals surface area contributed by atoms with E-state index in [-0.39, 0.29) is 17.5 Å². The number of fused-ring (bicyclic) bond motifs is 1. The van der Waals surface area contributed by atoms with Crippen molar-refractivity contribution in [2.75, 3.05) is 19.7 Å². The Morgan fingerprint density at radius 1 is 1.38 bits per heavy atom. The summed E-state index contributed by atoms with van der Waals surface area (Å²) in [5, 5.41) is 0.978. The molecular weight excluding hydrogens is 306 g/mol. The molecule has 1 unspecified atom stereocenters. The van der Waals surface area contributed by atoms with Crippen LogP contribution in [-0.4, -0.2) is 25.7 Å². The zero-order valence-electron chi connectivity index (χ0n) is 14.3. The van der Waals surface area contributed by atoms with Gasteiger partial charge in [-0.3, -0.25) is 4.79 Å². The molecule has 1 aromatic carbocycles. The zero-order valence-corrected chi connectivity index (χ0v) is 14.3. The van der Waals surface area contributed by atoms with Crippen molar-refractivity contribution in [2.45, 2.75) is 33.2 Å². The van der Waals surface area contributed by atoms with Crippen LogP contribution in [0.2, 0.25) is 0 Å². The first-order chi connectivity index (χ1) is 11.6. The van der Waals surface area contributed by atoms with E-state index < -0.39 is 0 Å². The van der Waals surface area contributed by atoms with Crippen molar-refractivity contribution in [2.24, 2.45) is 5.92 Å². The molecular formula is C19H24NO4+. The highest BCUT2D eigenvalue weighted by molar-refractivity contribution is 5.80. The summed E-state index contributed by atoms with van der Waals surface area (Å²) in [6.45, 7) is 6.72. The molecule has 24 heavy (non-hydrogen) atoms. The molecule has 2 aromatic rings. The Balaban J connectivity index is 1.82. The number of aryl methyl sites for hydroxylation is 1. The first kappa shape index (κ1) is 16.7. The van der Waals surface area contributed by atoms with Crippen LogP contribution < -0.4 is 10.5 Å². The molecule has 1 aliphatic heterocycles. The Morgan fingerprint density at radius 3 is 3.00 bits per heavy atom. The number of carbonyl (C=O) groups is 1. The zero-order chi connectivity index (χ0) is 17.1. The summed E-state index contributed by atoms with van der Waals surface area (Å²) in [7, 11) is 0. The van der Waals surface area contributed by atoms with E-state index in [0.29, 0.717) is 12.2 Å². The third-order valence-electron chi connectivity index (χ3n) is 4.66. The Labute approximate surface area is 141 Å². The summed E-state index contributed by atoms with van der Waals surface area (Å²) >= 11 is 0. The van der Waals surface area contributed by atoms with Crippen LogP contribution >= 0.6 is 0 Å².